The van der Waals surface area contributed by atoms with E-state index in [1.54, 1.807) is 24.3 Å². The van der Waals surface area contributed by atoms with Crippen molar-refractivity contribution in [3.8, 4) is 29.1 Å². The maximum absolute atomic E-state index is 14.2. The van der Waals surface area contributed by atoms with Gasteiger partial charge >= 0.3 is 0 Å². The highest BCUT2D eigenvalue weighted by Crippen LogP contribution is 2.45. The molecule has 0 amide bonds. The number of methoxy groups -OCH3 is 1. The van der Waals surface area contributed by atoms with E-state index < -0.39 is 23.5 Å². The molecular weight excluding hydrogens is 721 g/mol. The summed E-state index contributed by atoms with van der Waals surface area (Å²) in [5.41, 5.74) is 13.2. The zero-order valence-corrected chi connectivity index (χ0v) is 33.0. The molecule has 1 heterocycles. The molecule has 0 radical (unpaired) electrons. The van der Waals surface area contributed by atoms with E-state index in [0.29, 0.717) is 98.8 Å². The Morgan fingerprint density at radius 1 is 1.02 bits per heavy atom. The van der Waals surface area contributed by atoms with Gasteiger partial charge in [0.25, 0.3) is 0 Å². The molecule has 11 nitrogen and oxygen atoms in total. The molecule has 7 rings (SSSR count). The van der Waals surface area contributed by atoms with E-state index in [2.05, 4.69) is 22.2 Å². The van der Waals surface area contributed by atoms with Crippen LogP contribution in [0.25, 0.3) is 10.8 Å². The Morgan fingerprint density at radius 2 is 1.84 bits per heavy atom. The number of fused-ring (bicyclic) bond motifs is 3. The average molecular weight is 779 g/mol. The highest BCUT2D eigenvalue weighted by molar-refractivity contribution is 5.90. The summed E-state index contributed by atoms with van der Waals surface area (Å²) in [6.45, 7) is 1.28. The van der Waals surface area contributed by atoms with Gasteiger partial charge in [0.15, 0.2) is 23.2 Å². The summed E-state index contributed by atoms with van der Waals surface area (Å²) in [6.07, 6.45) is 7.51. The van der Waals surface area contributed by atoms with Gasteiger partial charge in [0.1, 0.15) is 16.9 Å². The molecule has 0 bridgehead atoms. The number of aryl methyl sites for hydroxylation is 1. The van der Waals surface area contributed by atoms with Crippen LogP contribution in [0.3, 0.4) is 0 Å². The molecule has 57 heavy (non-hydrogen) atoms. The van der Waals surface area contributed by atoms with Gasteiger partial charge < -0.3 is 41.9 Å². The van der Waals surface area contributed by atoms with Crippen LogP contribution in [0.4, 0.5) is 0 Å². The average Bonchev–Trinajstić information content (AvgIpc) is 3.24. The van der Waals surface area contributed by atoms with Crippen molar-refractivity contribution >= 4 is 28.3 Å². The number of carbonyl (C=O) groups is 2. The number of phenols is 2. The predicted molar refractivity (Wildman–Crippen MR) is 220 cm³/mol. The van der Waals surface area contributed by atoms with Gasteiger partial charge in [-0.2, -0.15) is 0 Å². The Labute approximate surface area is 335 Å². The molecule has 3 aromatic rings. The summed E-state index contributed by atoms with van der Waals surface area (Å²) in [7, 11) is 1.50. The van der Waals surface area contributed by atoms with E-state index in [4.69, 9.17) is 16.2 Å². The first-order valence-electron chi connectivity index (χ1n) is 20.8. The summed E-state index contributed by atoms with van der Waals surface area (Å²) in [5.74, 6) is 8.55. The monoisotopic (exact) mass is 778 g/mol. The molecule has 1 spiro atoms. The number of phenolic OH excluding ortho intramolecular Hbond substituents is 2. The number of hydrogen-bond acceptors (Lipinski definition) is 9. The summed E-state index contributed by atoms with van der Waals surface area (Å²) >= 11 is 0. The number of piperidine rings is 1. The van der Waals surface area contributed by atoms with E-state index in [1.807, 2.05) is 18.2 Å². The smallest absolute Gasteiger partial charge is 0.185 e. The summed E-state index contributed by atoms with van der Waals surface area (Å²) in [5, 5.41) is 50.1. The number of ketones is 2. The highest BCUT2D eigenvalue weighted by Gasteiger charge is 2.47. The molecule has 3 aliphatic carbocycles. The van der Waals surface area contributed by atoms with Crippen molar-refractivity contribution < 1.29 is 34.8 Å². The van der Waals surface area contributed by atoms with Gasteiger partial charge in [-0.15, -0.1) is 0 Å². The third kappa shape index (κ3) is 9.09. The van der Waals surface area contributed by atoms with Crippen LogP contribution in [0.1, 0.15) is 111 Å². The number of nitrogens with zero attached hydrogens (tertiary/aromatic N) is 1. The molecule has 9 N–H and O–H groups in total. The summed E-state index contributed by atoms with van der Waals surface area (Å²) < 4.78 is 5.46. The Morgan fingerprint density at radius 3 is 2.63 bits per heavy atom. The molecule has 0 aromatic heterocycles. The number of aliphatic hydroxyl groups is 2. The number of aromatic hydroxyl groups is 2. The van der Waals surface area contributed by atoms with Crippen LogP contribution >= 0.6 is 0 Å². The second-order valence-corrected chi connectivity index (χ2v) is 17.1. The fraction of sp³-hybridized carbons (Fsp3) is 0.543. The lowest BCUT2D eigenvalue weighted by molar-refractivity contribution is -0.134. The van der Waals surface area contributed by atoms with Crippen LogP contribution in [-0.4, -0.2) is 70.3 Å². The van der Waals surface area contributed by atoms with Gasteiger partial charge in [-0.05, 0) is 152 Å². The maximum atomic E-state index is 14.2. The fourth-order valence-electron chi connectivity index (χ4n) is 10.1. The van der Waals surface area contributed by atoms with E-state index in [-0.39, 0.29) is 29.7 Å². The fourth-order valence-corrected chi connectivity index (χ4v) is 10.1. The van der Waals surface area contributed by atoms with Crippen molar-refractivity contribution in [2.45, 2.75) is 114 Å². The maximum Gasteiger partial charge on any atom is 0.185 e. The van der Waals surface area contributed by atoms with Gasteiger partial charge in [0, 0.05) is 37.8 Å². The first kappa shape index (κ1) is 40.6. The molecule has 304 valence electrons. The van der Waals surface area contributed by atoms with Crippen LogP contribution in [0.5, 0.6) is 17.2 Å². The van der Waals surface area contributed by atoms with Crippen molar-refractivity contribution in [2.75, 3.05) is 20.2 Å². The Balaban J connectivity index is 1.09. The number of benzene rings is 3. The van der Waals surface area contributed by atoms with E-state index in [0.717, 1.165) is 66.1 Å². The third-order valence-electron chi connectivity index (χ3n) is 13.4. The van der Waals surface area contributed by atoms with E-state index in [9.17, 15) is 30.0 Å². The number of aliphatic hydroxyl groups excluding tert-OH is 2. The lowest BCUT2D eigenvalue weighted by Gasteiger charge is -2.42. The molecule has 11 heteroatoms. The van der Waals surface area contributed by atoms with Gasteiger partial charge in [-0.1, -0.05) is 30.4 Å². The van der Waals surface area contributed by atoms with Gasteiger partial charge in [0.2, 0.25) is 0 Å². The Bertz CT molecular complexity index is 2070. The molecule has 2 saturated carbocycles. The summed E-state index contributed by atoms with van der Waals surface area (Å²) in [4.78, 5) is 30.3. The largest absolute Gasteiger partial charge is 0.508 e. The number of rotatable bonds is 11. The standard InChI is InChI=1S/C46H58N4O7/c1-57-42-22-31-7-11-43(55)46(15-12-27(19-44(46)56)2-3-28-18-33-5-9-36(52)24-39(33)50-26-28)16-13-29(38(31)25-41(42)54)6-10-40(53)34-20-30-4-8-35(51)23-37(30)32(21-34)14-17-49-45(47)48/h4,8,20-23,25,27-29,33,39-40,44,50-51,53-54,56H,2-3,5-7,9-12,14-15,17-19,24,26H2,1H3,(H4,47,48,49)/t27-,28+,29-,33-,39+,40-,44+,46+/m0/s1. The normalized spacial score (nSPS) is 27.9. The zero-order valence-electron chi connectivity index (χ0n) is 33.0. The van der Waals surface area contributed by atoms with Crippen LogP contribution in [-0.2, 0) is 22.4 Å². The lowest BCUT2D eigenvalue weighted by atomic mass is 9.64. The molecule has 0 unspecified atom stereocenters. The number of nitrogens with two attached hydrogens (primary N) is 2. The number of guanidine groups is 1. The molecule has 8 atom stereocenters. The number of nitrogens with one attached hydrogen (secondary N) is 1. The minimum atomic E-state index is -1.18. The second-order valence-electron chi connectivity index (χ2n) is 17.1. The van der Waals surface area contributed by atoms with Gasteiger partial charge in [0.05, 0.1) is 19.3 Å². The van der Waals surface area contributed by atoms with E-state index >= 15 is 0 Å². The van der Waals surface area contributed by atoms with Crippen molar-refractivity contribution in [1.29, 1.82) is 0 Å². The van der Waals surface area contributed by atoms with Crippen LogP contribution in [0, 0.1) is 35.0 Å². The minimum absolute atomic E-state index is 0.00646. The van der Waals surface area contributed by atoms with Crippen LogP contribution in [0.2, 0.25) is 0 Å². The van der Waals surface area contributed by atoms with Crippen LogP contribution < -0.4 is 21.5 Å². The molecule has 1 saturated heterocycles. The quantitative estimate of drug-likeness (QED) is 0.0744. The SMILES string of the molecule is COc1cc2c(cc1O)[C@@H](CC[C@H](O)c1cc(CCN=C(N)N)c3cc(O)ccc3c1)C#C[C@]1(CC[C@H](CC[C@H]3CN[C@@H]4CC(=O)CC[C@H]4C3)C[C@H]1O)C(=O)CC2. The predicted octanol–water partition coefficient (Wildman–Crippen LogP) is 5.47. The minimum Gasteiger partial charge on any atom is -0.508 e. The molecule has 3 fully saturated rings. The Hall–Kier alpha value is -4.63. The zero-order chi connectivity index (χ0) is 40.3. The van der Waals surface area contributed by atoms with Gasteiger partial charge in [-0.25, -0.2) is 0 Å². The van der Waals surface area contributed by atoms with Crippen molar-refractivity contribution in [1.82, 2.24) is 5.32 Å². The second kappa shape index (κ2) is 17.5. The van der Waals surface area contributed by atoms with Gasteiger partial charge in [-0.3, -0.25) is 14.6 Å². The van der Waals surface area contributed by atoms with Crippen molar-refractivity contribution in [3.63, 3.8) is 0 Å². The number of carbonyl (C=O) groups excluding carboxylic acids is 2. The first-order chi connectivity index (χ1) is 27.4. The third-order valence-corrected chi connectivity index (χ3v) is 13.4. The summed E-state index contributed by atoms with van der Waals surface area (Å²) in [6, 6.07) is 12.8. The van der Waals surface area contributed by atoms with Crippen molar-refractivity contribution in [2.24, 2.45) is 39.6 Å². The van der Waals surface area contributed by atoms with E-state index in [1.165, 1.54) is 7.11 Å². The molecule has 3 aromatic carbocycles. The molecule has 1 aliphatic heterocycles. The molecule has 4 aliphatic rings. The topological polar surface area (TPSA) is 201 Å². The first-order valence-corrected chi connectivity index (χ1v) is 20.8. The number of hydrogen-bond donors (Lipinski definition) is 7. The lowest BCUT2D eigenvalue weighted by Crippen LogP contribution is -2.49. The highest BCUT2D eigenvalue weighted by atomic mass is 16.5. The van der Waals surface area contributed by atoms with Crippen molar-refractivity contribution in [3.05, 3.63) is 64.7 Å². The molecular formula is C46H58N4O7. The van der Waals surface area contributed by atoms with Crippen LogP contribution in [0.15, 0.2) is 47.5 Å². The Kier molecular flexibility index (Phi) is 12.4. The number of Topliss-reactive ketones (excluding diaryl/α,β-unsaturated/α-hetero) is 2. The number of aliphatic imine (C=N–C) groups is 1. The number of ether oxygens (including phenoxy) is 1.